The first-order valence-electron chi connectivity index (χ1n) is 7.14. The standard InChI is InChI=1S/C14H25NO/c1-15-13(11-4-2-5-11)12-6-9-16-14(10-12)7-3-8-14/h11-13,15H,2-10H2,1H3. The first-order chi connectivity index (χ1) is 7.83. The Balaban J connectivity index is 1.63. The minimum Gasteiger partial charge on any atom is -0.375 e. The topological polar surface area (TPSA) is 21.3 Å². The Morgan fingerprint density at radius 3 is 2.44 bits per heavy atom. The van der Waals surface area contributed by atoms with Crippen LogP contribution in [0, 0.1) is 11.8 Å². The lowest BCUT2D eigenvalue weighted by atomic mass is 9.66. The summed E-state index contributed by atoms with van der Waals surface area (Å²) in [6, 6.07) is 0.773. The van der Waals surface area contributed by atoms with E-state index in [1.165, 1.54) is 51.4 Å². The van der Waals surface area contributed by atoms with Gasteiger partial charge in [-0.15, -0.1) is 0 Å². The van der Waals surface area contributed by atoms with E-state index in [2.05, 4.69) is 12.4 Å². The van der Waals surface area contributed by atoms with Crippen LogP contribution in [0.4, 0.5) is 0 Å². The summed E-state index contributed by atoms with van der Waals surface area (Å²) < 4.78 is 6.03. The SMILES string of the molecule is CNC(C1CCC1)C1CCOC2(CCC2)C1. The monoisotopic (exact) mass is 223 g/mol. The largest absolute Gasteiger partial charge is 0.375 e. The zero-order chi connectivity index (χ0) is 11.0. The molecule has 1 spiro atoms. The van der Waals surface area contributed by atoms with Crippen molar-refractivity contribution in [3.8, 4) is 0 Å². The van der Waals surface area contributed by atoms with E-state index >= 15 is 0 Å². The molecular weight excluding hydrogens is 198 g/mol. The van der Waals surface area contributed by atoms with Crippen LogP contribution in [0.25, 0.3) is 0 Å². The third kappa shape index (κ3) is 1.80. The van der Waals surface area contributed by atoms with Gasteiger partial charge in [-0.25, -0.2) is 0 Å². The van der Waals surface area contributed by atoms with Crippen LogP contribution < -0.4 is 5.32 Å². The molecule has 2 saturated carbocycles. The molecule has 1 aliphatic heterocycles. The highest BCUT2D eigenvalue weighted by Crippen LogP contribution is 2.47. The Morgan fingerprint density at radius 2 is 1.94 bits per heavy atom. The van der Waals surface area contributed by atoms with Crippen molar-refractivity contribution in [2.45, 2.75) is 63.0 Å². The minimum absolute atomic E-state index is 0.321. The molecule has 0 radical (unpaired) electrons. The van der Waals surface area contributed by atoms with Crippen molar-refractivity contribution in [3.05, 3.63) is 0 Å². The summed E-state index contributed by atoms with van der Waals surface area (Å²) in [5, 5.41) is 3.60. The van der Waals surface area contributed by atoms with E-state index in [-0.39, 0.29) is 0 Å². The highest BCUT2D eigenvalue weighted by molar-refractivity contribution is 4.98. The van der Waals surface area contributed by atoms with Crippen LogP contribution in [-0.4, -0.2) is 25.3 Å². The maximum atomic E-state index is 6.03. The van der Waals surface area contributed by atoms with E-state index in [1.807, 2.05) is 0 Å². The van der Waals surface area contributed by atoms with Crippen LogP contribution in [0.5, 0.6) is 0 Å². The minimum atomic E-state index is 0.321. The number of hydrogen-bond donors (Lipinski definition) is 1. The van der Waals surface area contributed by atoms with Gasteiger partial charge in [0, 0.05) is 12.6 Å². The van der Waals surface area contributed by atoms with Crippen molar-refractivity contribution in [1.82, 2.24) is 5.32 Å². The zero-order valence-corrected chi connectivity index (χ0v) is 10.5. The normalized spacial score (nSPS) is 35.4. The van der Waals surface area contributed by atoms with Gasteiger partial charge in [0.25, 0.3) is 0 Å². The lowest BCUT2D eigenvalue weighted by Crippen LogP contribution is -2.52. The van der Waals surface area contributed by atoms with E-state index in [0.29, 0.717) is 5.60 Å². The first-order valence-corrected chi connectivity index (χ1v) is 7.14. The van der Waals surface area contributed by atoms with Crippen LogP contribution in [0.1, 0.15) is 51.4 Å². The van der Waals surface area contributed by atoms with Crippen molar-refractivity contribution in [2.75, 3.05) is 13.7 Å². The second kappa shape index (κ2) is 4.30. The molecule has 2 heteroatoms. The van der Waals surface area contributed by atoms with E-state index in [1.54, 1.807) is 0 Å². The van der Waals surface area contributed by atoms with Gasteiger partial charge in [-0.3, -0.25) is 0 Å². The van der Waals surface area contributed by atoms with Gasteiger partial charge in [-0.05, 0) is 63.8 Å². The van der Waals surface area contributed by atoms with Crippen LogP contribution in [0.2, 0.25) is 0 Å². The Kier molecular flexibility index (Phi) is 2.97. The summed E-state index contributed by atoms with van der Waals surface area (Å²) in [6.07, 6.45) is 11.0. The molecule has 0 amide bonds. The van der Waals surface area contributed by atoms with Crippen molar-refractivity contribution in [3.63, 3.8) is 0 Å². The molecule has 2 atom stereocenters. The van der Waals surface area contributed by atoms with Gasteiger partial charge in [0.05, 0.1) is 5.60 Å². The van der Waals surface area contributed by atoms with Crippen molar-refractivity contribution in [2.24, 2.45) is 11.8 Å². The van der Waals surface area contributed by atoms with Gasteiger partial charge in [0.15, 0.2) is 0 Å². The molecule has 1 N–H and O–H groups in total. The Bertz CT molecular complexity index is 245. The molecule has 1 heterocycles. The summed E-state index contributed by atoms with van der Waals surface area (Å²) in [4.78, 5) is 0. The van der Waals surface area contributed by atoms with Gasteiger partial charge >= 0.3 is 0 Å². The Hall–Kier alpha value is -0.0800. The third-order valence-electron chi connectivity index (χ3n) is 5.29. The van der Waals surface area contributed by atoms with Crippen molar-refractivity contribution in [1.29, 1.82) is 0 Å². The molecule has 2 unspecified atom stereocenters. The maximum Gasteiger partial charge on any atom is 0.0685 e. The predicted molar refractivity (Wildman–Crippen MR) is 65.4 cm³/mol. The van der Waals surface area contributed by atoms with E-state index in [4.69, 9.17) is 4.74 Å². The summed E-state index contributed by atoms with van der Waals surface area (Å²) >= 11 is 0. The molecule has 0 bridgehead atoms. The average Bonchev–Trinajstić information content (AvgIpc) is 2.21. The Labute approximate surface area is 99.1 Å². The summed E-state index contributed by atoms with van der Waals surface area (Å²) in [5.74, 6) is 1.84. The molecule has 2 nitrogen and oxygen atoms in total. The second-order valence-electron chi connectivity index (χ2n) is 6.14. The fraction of sp³-hybridized carbons (Fsp3) is 1.00. The zero-order valence-electron chi connectivity index (χ0n) is 10.5. The average molecular weight is 223 g/mol. The lowest BCUT2D eigenvalue weighted by molar-refractivity contribution is -0.150. The first kappa shape index (κ1) is 11.0. The van der Waals surface area contributed by atoms with Crippen LogP contribution >= 0.6 is 0 Å². The highest BCUT2D eigenvalue weighted by Gasteiger charge is 2.45. The second-order valence-corrected chi connectivity index (χ2v) is 6.14. The highest BCUT2D eigenvalue weighted by atomic mass is 16.5. The smallest absolute Gasteiger partial charge is 0.0685 e. The van der Waals surface area contributed by atoms with Crippen molar-refractivity contribution < 1.29 is 4.74 Å². The number of hydrogen-bond acceptors (Lipinski definition) is 2. The van der Waals surface area contributed by atoms with E-state index < -0.39 is 0 Å². The van der Waals surface area contributed by atoms with Crippen LogP contribution in [0.15, 0.2) is 0 Å². The lowest BCUT2D eigenvalue weighted by Gasteiger charge is -2.50. The molecule has 3 fully saturated rings. The van der Waals surface area contributed by atoms with Gasteiger partial charge < -0.3 is 10.1 Å². The molecule has 16 heavy (non-hydrogen) atoms. The van der Waals surface area contributed by atoms with Crippen LogP contribution in [0.3, 0.4) is 0 Å². The predicted octanol–water partition coefficient (Wildman–Crippen LogP) is 2.72. The molecule has 92 valence electrons. The maximum absolute atomic E-state index is 6.03. The third-order valence-corrected chi connectivity index (χ3v) is 5.29. The summed E-state index contributed by atoms with van der Waals surface area (Å²) in [7, 11) is 2.16. The summed E-state index contributed by atoms with van der Waals surface area (Å²) in [5.41, 5.74) is 0.321. The van der Waals surface area contributed by atoms with E-state index in [9.17, 15) is 0 Å². The molecule has 3 rings (SSSR count). The molecular formula is C14H25NO. The molecule has 0 aromatic rings. The quantitative estimate of drug-likeness (QED) is 0.794. The Morgan fingerprint density at radius 1 is 1.12 bits per heavy atom. The van der Waals surface area contributed by atoms with Crippen molar-refractivity contribution >= 4 is 0 Å². The summed E-state index contributed by atoms with van der Waals surface area (Å²) in [6.45, 7) is 1.01. The number of rotatable bonds is 3. The van der Waals surface area contributed by atoms with Gasteiger partial charge in [0.2, 0.25) is 0 Å². The van der Waals surface area contributed by atoms with Gasteiger partial charge in [-0.1, -0.05) is 6.42 Å². The molecule has 3 aliphatic rings. The molecule has 2 aliphatic carbocycles. The number of nitrogens with one attached hydrogen (secondary N) is 1. The number of ether oxygens (including phenoxy) is 1. The van der Waals surface area contributed by atoms with Gasteiger partial charge in [-0.2, -0.15) is 0 Å². The molecule has 0 aromatic heterocycles. The van der Waals surface area contributed by atoms with E-state index in [0.717, 1.165) is 24.5 Å². The van der Waals surface area contributed by atoms with Crippen LogP contribution in [-0.2, 0) is 4.74 Å². The fourth-order valence-corrected chi connectivity index (χ4v) is 3.95. The van der Waals surface area contributed by atoms with Gasteiger partial charge in [0.1, 0.15) is 0 Å². The fourth-order valence-electron chi connectivity index (χ4n) is 3.95. The molecule has 1 saturated heterocycles. The molecule has 0 aromatic carbocycles.